The van der Waals surface area contributed by atoms with Gasteiger partial charge in [0.25, 0.3) is 5.78 Å². The van der Waals surface area contributed by atoms with Crippen molar-refractivity contribution in [1.82, 2.24) is 0 Å². The Labute approximate surface area is 124 Å². The molecule has 0 spiro atoms. The van der Waals surface area contributed by atoms with Gasteiger partial charge in [0, 0.05) is 11.9 Å². The van der Waals surface area contributed by atoms with Crippen LogP contribution in [0.5, 0.6) is 0 Å². The van der Waals surface area contributed by atoms with Crippen molar-refractivity contribution in [3.63, 3.8) is 0 Å². The summed E-state index contributed by atoms with van der Waals surface area (Å²) < 4.78 is 41.6. The first kappa shape index (κ1) is 17.2. The fourth-order valence-corrected chi connectivity index (χ4v) is 1.37. The number of anilines is 1. The van der Waals surface area contributed by atoms with Gasteiger partial charge in [-0.15, -0.1) is 0 Å². The molecule has 0 heterocycles. The lowest BCUT2D eigenvalue weighted by molar-refractivity contribution is -0.151. The number of nitriles is 1. The predicted molar refractivity (Wildman–Crippen MR) is 70.4 cm³/mol. The molecule has 0 aliphatic rings. The van der Waals surface area contributed by atoms with Crippen molar-refractivity contribution in [3.05, 3.63) is 41.6 Å². The molecule has 0 aliphatic heterocycles. The fourth-order valence-electron chi connectivity index (χ4n) is 1.37. The summed E-state index contributed by atoms with van der Waals surface area (Å²) >= 11 is 0. The molecule has 1 aromatic rings. The smallest absolute Gasteiger partial charge is 0.416 e. The average molecular weight is 312 g/mol. The van der Waals surface area contributed by atoms with E-state index in [1.54, 1.807) is 0 Å². The number of alkyl halides is 3. The van der Waals surface area contributed by atoms with Crippen LogP contribution in [0.2, 0.25) is 0 Å². The lowest BCUT2D eigenvalue weighted by atomic mass is 10.2. The second-order valence-electron chi connectivity index (χ2n) is 3.94. The minimum Gasteiger partial charge on any atom is -0.460 e. The normalized spacial score (nSPS) is 11.5. The van der Waals surface area contributed by atoms with E-state index in [0.717, 1.165) is 30.5 Å². The summed E-state index contributed by atoms with van der Waals surface area (Å²) in [6.07, 6.45) is -3.52. The van der Waals surface area contributed by atoms with Crippen LogP contribution in [-0.4, -0.2) is 18.4 Å². The van der Waals surface area contributed by atoms with Crippen LogP contribution < -0.4 is 5.32 Å². The third kappa shape index (κ3) is 4.63. The van der Waals surface area contributed by atoms with Gasteiger partial charge in [0.15, 0.2) is 0 Å². The van der Waals surface area contributed by atoms with E-state index in [0.29, 0.717) is 0 Å². The summed E-state index contributed by atoms with van der Waals surface area (Å²) in [5.74, 6) is -2.31. The maximum atomic E-state index is 12.4. The Kier molecular flexibility index (Phi) is 5.69. The third-order valence-corrected chi connectivity index (χ3v) is 2.42. The highest BCUT2D eigenvalue weighted by molar-refractivity contribution is 6.41. The Morgan fingerprint density at radius 1 is 1.32 bits per heavy atom. The van der Waals surface area contributed by atoms with Gasteiger partial charge < -0.3 is 10.1 Å². The Balaban J connectivity index is 2.83. The van der Waals surface area contributed by atoms with Crippen molar-refractivity contribution in [1.29, 1.82) is 5.26 Å². The highest BCUT2D eigenvalue weighted by Gasteiger charge is 2.29. The predicted octanol–water partition coefficient (Wildman–Crippen LogP) is 2.66. The molecule has 116 valence electrons. The summed E-state index contributed by atoms with van der Waals surface area (Å²) in [5, 5.41) is 11.3. The van der Waals surface area contributed by atoms with Crippen LogP contribution in [0.25, 0.3) is 0 Å². The summed E-state index contributed by atoms with van der Waals surface area (Å²) in [6, 6.07) is 5.46. The van der Waals surface area contributed by atoms with E-state index in [2.05, 4.69) is 10.1 Å². The van der Waals surface area contributed by atoms with Gasteiger partial charge in [0.05, 0.1) is 12.2 Å². The first-order valence-corrected chi connectivity index (χ1v) is 6.05. The van der Waals surface area contributed by atoms with E-state index in [1.165, 1.54) is 13.0 Å². The Morgan fingerprint density at radius 2 is 1.91 bits per heavy atom. The zero-order valence-corrected chi connectivity index (χ0v) is 11.4. The van der Waals surface area contributed by atoms with E-state index >= 15 is 0 Å². The van der Waals surface area contributed by atoms with Crippen LogP contribution in [0.1, 0.15) is 12.5 Å². The van der Waals surface area contributed by atoms with Gasteiger partial charge in [-0.25, -0.2) is 4.79 Å². The number of nitrogens with zero attached hydrogens (tertiary/aromatic N) is 1. The summed E-state index contributed by atoms with van der Waals surface area (Å²) in [4.78, 5) is 22.7. The number of nitrogens with one attached hydrogen (secondary N) is 1. The maximum Gasteiger partial charge on any atom is 0.416 e. The number of hydrogen-bond acceptors (Lipinski definition) is 5. The molecule has 5 nitrogen and oxygen atoms in total. The van der Waals surface area contributed by atoms with Crippen LogP contribution >= 0.6 is 0 Å². The first-order chi connectivity index (χ1) is 10.3. The Morgan fingerprint density at radius 3 is 2.36 bits per heavy atom. The average Bonchev–Trinajstić information content (AvgIpc) is 2.47. The molecular formula is C14H11F3N2O3. The molecule has 0 bridgehead atoms. The molecule has 0 aromatic heterocycles. The monoisotopic (exact) mass is 312 g/mol. The second kappa shape index (κ2) is 7.26. The SMILES string of the molecule is CCOC(=O)C(=O)/C(C#N)=C\Nc1ccc(C(F)(F)F)cc1. The van der Waals surface area contributed by atoms with Gasteiger partial charge in [-0.05, 0) is 31.2 Å². The van der Waals surface area contributed by atoms with Crippen LogP contribution in [0.4, 0.5) is 18.9 Å². The molecule has 0 saturated carbocycles. The molecule has 0 radical (unpaired) electrons. The van der Waals surface area contributed by atoms with Crippen molar-refractivity contribution in [2.75, 3.05) is 11.9 Å². The molecule has 0 saturated heterocycles. The quantitative estimate of drug-likeness (QED) is 0.391. The number of esters is 1. The number of hydrogen-bond donors (Lipinski definition) is 1. The third-order valence-electron chi connectivity index (χ3n) is 2.42. The molecule has 1 aromatic carbocycles. The number of halogens is 3. The number of rotatable bonds is 5. The Hall–Kier alpha value is -2.82. The molecule has 8 heteroatoms. The lowest BCUT2D eigenvalue weighted by Crippen LogP contribution is -2.19. The van der Waals surface area contributed by atoms with E-state index < -0.39 is 29.1 Å². The largest absolute Gasteiger partial charge is 0.460 e. The number of ketones is 1. The summed E-state index contributed by atoms with van der Waals surface area (Å²) in [5.41, 5.74) is -1.12. The summed E-state index contributed by atoms with van der Waals surface area (Å²) in [7, 11) is 0. The van der Waals surface area contributed by atoms with Crippen LogP contribution in [0.3, 0.4) is 0 Å². The standard InChI is InChI=1S/C14H11F3N2O3/c1-2-22-13(21)12(20)9(7-18)8-19-11-5-3-10(4-6-11)14(15,16)17/h3-6,8,19H,2H2,1H3/b9-8-. The van der Waals surface area contributed by atoms with Crippen molar-refractivity contribution in [3.8, 4) is 6.07 Å². The van der Waals surface area contributed by atoms with Crippen molar-refractivity contribution >= 4 is 17.4 Å². The zero-order chi connectivity index (χ0) is 16.8. The number of carbonyl (C=O) groups excluding carboxylic acids is 2. The molecule has 22 heavy (non-hydrogen) atoms. The van der Waals surface area contributed by atoms with Gasteiger partial charge in [-0.1, -0.05) is 0 Å². The van der Waals surface area contributed by atoms with Gasteiger partial charge in [0.2, 0.25) is 0 Å². The lowest BCUT2D eigenvalue weighted by Gasteiger charge is -2.07. The van der Waals surface area contributed by atoms with Crippen molar-refractivity contribution in [2.24, 2.45) is 0 Å². The molecule has 0 fully saturated rings. The number of benzene rings is 1. The molecule has 0 atom stereocenters. The van der Waals surface area contributed by atoms with E-state index in [9.17, 15) is 22.8 Å². The minimum atomic E-state index is -4.45. The molecule has 0 aliphatic carbocycles. The molecular weight excluding hydrogens is 301 g/mol. The highest BCUT2D eigenvalue weighted by Crippen LogP contribution is 2.29. The van der Waals surface area contributed by atoms with Gasteiger partial charge in [-0.2, -0.15) is 18.4 Å². The van der Waals surface area contributed by atoms with E-state index in [4.69, 9.17) is 5.26 Å². The summed E-state index contributed by atoms with van der Waals surface area (Å²) in [6.45, 7) is 1.48. The molecule has 0 amide bonds. The van der Waals surface area contributed by atoms with Gasteiger partial charge in [0.1, 0.15) is 11.6 Å². The Bertz CT molecular complexity index is 628. The fraction of sp³-hybridized carbons (Fsp3) is 0.214. The highest BCUT2D eigenvalue weighted by atomic mass is 19.4. The van der Waals surface area contributed by atoms with E-state index in [-0.39, 0.29) is 12.3 Å². The number of Topliss-reactive ketones (excluding diaryl/α,β-unsaturated/α-hetero) is 1. The van der Waals surface area contributed by atoms with Crippen molar-refractivity contribution < 1.29 is 27.5 Å². The molecule has 1 rings (SSSR count). The van der Waals surface area contributed by atoms with Gasteiger partial charge in [-0.3, -0.25) is 4.79 Å². The van der Waals surface area contributed by atoms with Gasteiger partial charge >= 0.3 is 12.1 Å². The topological polar surface area (TPSA) is 79.2 Å². The zero-order valence-electron chi connectivity index (χ0n) is 11.4. The van der Waals surface area contributed by atoms with E-state index in [1.807, 2.05) is 0 Å². The van der Waals surface area contributed by atoms with Crippen molar-refractivity contribution in [2.45, 2.75) is 13.1 Å². The maximum absolute atomic E-state index is 12.4. The number of ether oxygens (including phenoxy) is 1. The molecule has 1 N–H and O–H groups in total. The van der Waals surface area contributed by atoms with Crippen LogP contribution in [0.15, 0.2) is 36.0 Å². The number of carbonyl (C=O) groups is 2. The van der Waals surface area contributed by atoms with Crippen LogP contribution in [0, 0.1) is 11.3 Å². The minimum absolute atomic E-state index is 0.0182. The first-order valence-electron chi connectivity index (χ1n) is 6.05. The molecule has 0 unspecified atom stereocenters. The second-order valence-corrected chi connectivity index (χ2v) is 3.94. The van der Waals surface area contributed by atoms with Crippen LogP contribution in [-0.2, 0) is 20.5 Å².